The first-order valence-electron chi connectivity index (χ1n) is 17.8. The Labute approximate surface area is 302 Å². The molecule has 0 saturated carbocycles. The van der Waals surface area contributed by atoms with Gasteiger partial charge in [0.05, 0.1) is 22.4 Å². The van der Waals surface area contributed by atoms with Crippen molar-refractivity contribution in [3.8, 4) is 61.8 Å². The molecule has 4 nitrogen and oxygen atoms in total. The summed E-state index contributed by atoms with van der Waals surface area (Å²) in [6, 6.07) is 56.3. The maximum Gasteiger partial charge on any atom is 0.160 e. The summed E-state index contributed by atoms with van der Waals surface area (Å²) in [5, 5.41) is 2.52. The Morgan fingerprint density at radius 3 is 1.77 bits per heavy atom. The summed E-state index contributed by atoms with van der Waals surface area (Å²) in [5.74, 6) is 0.718. The average molecular weight is 667 g/mol. The second-order valence-corrected chi connectivity index (χ2v) is 14.1. The van der Waals surface area contributed by atoms with Gasteiger partial charge in [0.25, 0.3) is 0 Å². The molecule has 6 aromatic carbocycles. The minimum atomic E-state index is -0.273. The SMILES string of the molecule is CC1(C)c2ccccc2-c2nc(-c3cccc(-c4ccncc4)c3)nc(-c3cccc(-c4cccc(-n5c6ccccc6c6ccccc65)c4)c3)c21. The van der Waals surface area contributed by atoms with E-state index >= 15 is 0 Å². The predicted octanol–water partition coefficient (Wildman–Crippen LogP) is 11.9. The maximum absolute atomic E-state index is 5.43. The van der Waals surface area contributed by atoms with Gasteiger partial charge in [0, 0.05) is 56.5 Å². The molecule has 0 amide bonds. The fourth-order valence-corrected chi connectivity index (χ4v) is 8.21. The molecule has 3 heterocycles. The normalized spacial score (nSPS) is 13.0. The first kappa shape index (κ1) is 30.2. The zero-order chi connectivity index (χ0) is 34.8. The second-order valence-electron chi connectivity index (χ2n) is 14.1. The zero-order valence-electron chi connectivity index (χ0n) is 29.0. The smallest absolute Gasteiger partial charge is 0.160 e. The predicted molar refractivity (Wildman–Crippen MR) is 213 cm³/mol. The fraction of sp³-hybridized carbons (Fsp3) is 0.0625. The Kier molecular flexibility index (Phi) is 6.80. The summed E-state index contributed by atoms with van der Waals surface area (Å²) in [4.78, 5) is 15.0. The minimum absolute atomic E-state index is 0.273. The molecule has 0 aliphatic heterocycles. The van der Waals surface area contributed by atoms with Crippen LogP contribution in [0.1, 0.15) is 25.0 Å². The Bertz CT molecular complexity index is 2770. The second kappa shape index (κ2) is 11.7. The molecule has 1 aliphatic carbocycles. The number of fused-ring (bicyclic) bond motifs is 6. The van der Waals surface area contributed by atoms with E-state index in [1.54, 1.807) is 0 Å². The summed E-state index contributed by atoms with van der Waals surface area (Å²) in [6.07, 6.45) is 3.66. The number of benzene rings is 6. The molecule has 0 saturated heterocycles. The quantitative estimate of drug-likeness (QED) is 0.184. The van der Waals surface area contributed by atoms with Gasteiger partial charge in [-0.2, -0.15) is 0 Å². The van der Waals surface area contributed by atoms with Gasteiger partial charge in [-0.05, 0) is 76.3 Å². The molecule has 0 atom stereocenters. The largest absolute Gasteiger partial charge is 0.309 e. The summed E-state index contributed by atoms with van der Waals surface area (Å²) < 4.78 is 2.38. The van der Waals surface area contributed by atoms with Crippen molar-refractivity contribution in [2.75, 3.05) is 0 Å². The summed E-state index contributed by atoms with van der Waals surface area (Å²) in [6.45, 7) is 4.60. The summed E-state index contributed by atoms with van der Waals surface area (Å²) in [7, 11) is 0. The van der Waals surface area contributed by atoms with Gasteiger partial charge in [0.2, 0.25) is 0 Å². The Balaban J connectivity index is 1.14. The summed E-state index contributed by atoms with van der Waals surface area (Å²) in [5.41, 5.74) is 15.4. The van der Waals surface area contributed by atoms with Crippen LogP contribution in [0, 0.1) is 0 Å². The zero-order valence-corrected chi connectivity index (χ0v) is 29.0. The van der Waals surface area contributed by atoms with Gasteiger partial charge >= 0.3 is 0 Å². The van der Waals surface area contributed by atoms with Crippen LogP contribution in [0.2, 0.25) is 0 Å². The van der Waals surface area contributed by atoms with E-state index in [1.807, 2.05) is 24.5 Å². The van der Waals surface area contributed by atoms with Gasteiger partial charge in [-0.25, -0.2) is 9.97 Å². The lowest BCUT2D eigenvalue weighted by Crippen LogP contribution is -2.17. The van der Waals surface area contributed by atoms with Gasteiger partial charge in [-0.3, -0.25) is 4.98 Å². The maximum atomic E-state index is 5.43. The van der Waals surface area contributed by atoms with E-state index in [2.05, 4.69) is 169 Å². The molecule has 3 aromatic heterocycles. The minimum Gasteiger partial charge on any atom is -0.309 e. The molecule has 0 fully saturated rings. The third-order valence-corrected chi connectivity index (χ3v) is 10.7. The molecule has 52 heavy (non-hydrogen) atoms. The van der Waals surface area contributed by atoms with E-state index in [0.717, 1.165) is 56.3 Å². The molecule has 9 aromatic rings. The lowest BCUT2D eigenvalue weighted by atomic mass is 9.80. The molecule has 4 heteroatoms. The van der Waals surface area contributed by atoms with Gasteiger partial charge in [-0.15, -0.1) is 0 Å². The lowest BCUT2D eigenvalue weighted by Gasteiger charge is -2.24. The van der Waals surface area contributed by atoms with E-state index < -0.39 is 0 Å². The van der Waals surface area contributed by atoms with Crippen molar-refractivity contribution in [2.24, 2.45) is 0 Å². The van der Waals surface area contributed by atoms with Crippen LogP contribution in [0.25, 0.3) is 83.6 Å². The third kappa shape index (κ3) is 4.72. The molecule has 0 radical (unpaired) electrons. The van der Waals surface area contributed by atoms with Gasteiger partial charge in [-0.1, -0.05) is 123 Å². The number of hydrogen-bond acceptors (Lipinski definition) is 3. The van der Waals surface area contributed by atoms with E-state index in [9.17, 15) is 0 Å². The van der Waals surface area contributed by atoms with Crippen molar-refractivity contribution in [1.82, 2.24) is 19.5 Å². The third-order valence-electron chi connectivity index (χ3n) is 10.7. The number of aromatic nitrogens is 4. The highest BCUT2D eigenvalue weighted by Gasteiger charge is 2.40. The van der Waals surface area contributed by atoms with E-state index in [4.69, 9.17) is 9.97 Å². The van der Waals surface area contributed by atoms with Gasteiger partial charge in [0.1, 0.15) is 0 Å². The molecule has 0 unspecified atom stereocenters. The molecule has 0 spiro atoms. The monoisotopic (exact) mass is 666 g/mol. The van der Waals surface area contributed by atoms with Gasteiger partial charge in [0.15, 0.2) is 5.82 Å². The van der Waals surface area contributed by atoms with Crippen LogP contribution in [0.4, 0.5) is 0 Å². The summed E-state index contributed by atoms with van der Waals surface area (Å²) >= 11 is 0. The molecular formula is C48H34N4. The first-order chi connectivity index (χ1) is 25.5. The van der Waals surface area contributed by atoms with Gasteiger partial charge < -0.3 is 4.57 Å². The van der Waals surface area contributed by atoms with Crippen LogP contribution < -0.4 is 0 Å². The Morgan fingerprint density at radius 2 is 1.02 bits per heavy atom. The van der Waals surface area contributed by atoms with Crippen molar-refractivity contribution in [1.29, 1.82) is 0 Å². The molecule has 10 rings (SSSR count). The molecule has 246 valence electrons. The number of nitrogens with zero attached hydrogens (tertiary/aromatic N) is 4. The fourth-order valence-electron chi connectivity index (χ4n) is 8.21. The van der Waals surface area contributed by atoms with E-state index in [1.165, 1.54) is 38.5 Å². The first-order valence-corrected chi connectivity index (χ1v) is 17.8. The molecular weight excluding hydrogens is 633 g/mol. The van der Waals surface area contributed by atoms with Crippen molar-refractivity contribution >= 4 is 21.8 Å². The standard InChI is InChI=1S/C48H34N4/c1-48(2)41-21-6-3-20-40(41)46-44(48)45(50-47(51-46)36-16-10-12-32(29-36)31-24-26-49-27-25-31)35-15-9-13-33(28-35)34-14-11-17-37(30-34)52-42-22-7-4-18-38(42)39-19-5-8-23-43(39)52/h3-30H,1-2H3. The molecule has 0 N–H and O–H groups in total. The number of para-hydroxylation sites is 2. The highest BCUT2D eigenvalue weighted by molar-refractivity contribution is 6.09. The van der Waals surface area contributed by atoms with Crippen molar-refractivity contribution in [2.45, 2.75) is 19.3 Å². The average Bonchev–Trinajstić information content (AvgIpc) is 3.67. The van der Waals surface area contributed by atoms with Crippen molar-refractivity contribution in [3.63, 3.8) is 0 Å². The van der Waals surface area contributed by atoms with Crippen LogP contribution in [0.15, 0.2) is 170 Å². The Hall–Kier alpha value is -6.65. The van der Waals surface area contributed by atoms with Crippen molar-refractivity contribution in [3.05, 3.63) is 181 Å². The van der Waals surface area contributed by atoms with Crippen LogP contribution in [0.3, 0.4) is 0 Å². The number of pyridine rings is 1. The number of rotatable bonds is 5. The van der Waals surface area contributed by atoms with Crippen molar-refractivity contribution < 1.29 is 0 Å². The molecule has 1 aliphatic rings. The lowest BCUT2D eigenvalue weighted by molar-refractivity contribution is 0.658. The van der Waals surface area contributed by atoms with Crippen LogP contribution >= 0.6 is 0 Å². The highest BCUT2D eigenvalue weighted by Crippen LogP contribution is 2.51. The number of hydrogen-bond donors (Lipinski definition) is 0. The Morgan fingerprint density at radius 1 is 0.462 bits per heavy atom. The molecule has 0 bridgehead atoms. The topological polar surface area (TPSA) is 43.6 Å². The van der Waals surface area contributed by atoms with Crippen LogP contribution in [-0.2, 0) is 5.41 Å². The highest BCUT2D eigenvalue weighted by atomic mass is 15.0. The van der Waals surface area contributed by atoms with Crippen LogP contribution in [-0.4, -0.2) is 19.5 Å². The van der Waals surface area contributed by atoms with Crippen LogP contribution in [0.5, 0.6) is 0 Å². The van der Waals surface area contributed by atoms with E-state index in [-0.39, 0.29) is 5.41 Å². The van der Waals surface area contributed by atoms with E-state index in [0.29, 0.717) is 0 Å².